The van der Waals surface area contributed by atoms with E-state index >= 15 is 0 Å². The first kappa shape index (κ1) is 13.5. The fraction of sp³-hybridized carbons (Fsp3) is 0.714. The van der Waals surface area contributed by atoms with Gasteiger partial charge in [-0.05, 0) is 12.5 Å². The summed E-state index contributed by atoms with van der Waals surface area (Å²) in [5.74, 6) is 0. The van der Waals surface area contributed by atoms with E-state index in [1.165, 1.54) is 0 Å². The van der Waals surface area contributed by atoms with E-state index in [1.54, 1.807) is 23.5 Å². The molecule has 0 heterocycles. The van der Waals surface area contributed by atoms with E-state index in [4.69, 9.17) is 24.4 Å². The van der Waals surface area contributed by atoms with E-state index in [0.29, 0.717) is 0 Å². The van der Waals surface area contributed by atoms with Crippen molar-refractivity contribution < 1.29 is 0 Å². The second kappa shape index (κ2) is 6.86. The predicted molar refractivity (Wildman–Crippen MR) is 72.6 cm³/mol. The largest absolute Gasteiger partial charge is 0.343 e. The smallest absolute Gasteiger partial charge is 0.137 e. The quantitative estimate of drug-likeness (QED) is 0.546. The predicted octanol–water partition coefficient (Wildman–Crippen LogP) is 2.10. The van der Waals surface area contributed by atoms with Crippen molar-refractivity contribution in [1.82, 2.24) is 9.80 Å². The highest BCUT2D eigenvalue weighted by molar-refractivity contribution is 8.22. The van der Waals surface area contributed by atoms with Crippen LogP contribution in [0.1, 0.15) is 0 Å². The maximum Gasteiger partial charge on any atom is 0.137 e. The molecule has 0 aliphatic rings. The van der Waals surface area contributed by atoms with Crippen LogP contribution in [0.3, 0.4) is 0 Å². The Morgan fingerprint density at radius 2 is 1.31 bits per heavy atom. The topological polar surface area (TPSA) is 6.48 Å². The molecule has 13 heavy (non-hydrogen) atoms. The Bertz CT molecular complexity index is 175. The SMILES string of the molecule is CSC(=S)N(C)CN(C)C(=S)SC. The zero-order valence-electron chi connectivity index (χ0n) is 8.23. The number of nitrogens with zero attached hydrogens (tertiary/aromatic N) is 2. The van der Waals surface area contributed by atoms with Gasteiger partial charge in [-0.1, -0.05) is 24.4 Å². The average Bonchev–Trinajstić information content (AvgIpc) is 2.14. The minimum Gasteiger partial charge on any atom is -0.343 e. The summed E-state index contributed by atoms with van der Waals surface area (Å²) in [7, 11) is 3.94. The van der Waals surface area contributed by atoms with Gasteiger partial charge in [0, 0.05) is 14.1 Å². The highest BCUT2D eigenvalue weighted by atomic mass is 32.2. The normalized spacial score (nSPS) is 9.54. The Balaban J connectivity index is 3.98. The summed E-state index contributed by atoms with van der Waals surface area (Å²) >= 11 is 13.4. The van der Waals surface area contributed by atoms with Crippen LogP contribution in [0.4, 0.5) is 0 Å². The second-order valence-corrected chi connectivity index (χ2v) is 5.36. The minimum atomic E-state index is 0.749. The molecular weight excluding hydrogens is 240 g/mol. The molecule has 0 N–H and O–H groups in total. The van der Waals surface area contributed by atoms with Crippen molar-refractivity contribution in [2.75, 3.05) is 33.3 Å². The molecule has 0 aromatic carbocycles. The van der Waals surface area contributed by atoms with Crippen LogP contribution in [-0.4, -0.2) is 51.7 Å². The van der Waals surface area contributed by atoms with Crippen LogP contribution in [0, 0.1) is 0 Å². The maximum absolute atomic E-state index is 5.13. The highest BCUT2D eigenvalue weighted by Crippen LogP contribution is 2.07. The number of hydrogen-bond acceptors (Lipinski definition) is 4. The van der Waals surface area contributed by atoms with Crippen molar-refractivity contribution in [3.8, 4) is 0 Å². The molecule has 0 amide bonds. The summed E-state index contributed by atoms with van der Waals surface area (Å²) in [4.78, 5) is 4.00. The fourth-order valence-corrected chi connectivity index (χ4v) is 1.60. The molecule has 0 unspecified atom stereocenters. The minimum absolute atomic E-state index is 0.749. The van der Waals surface area contributed by atoms with E-state index in [9.17, 15) is 0 Å². The van der Waals surface area contributed by atoms with Crippen LogP contribution in [0.25, 0.3) is 0 Å². The first-order valence-corrected chi connectivity index (χ1v) is 6.87. The molecule has 2 nitrogen and oxygen atoms in total. The lowest BCUT2D eigenvalue weighted by atomic mass is 10.8. The van der Waals surface area contributed by atoms with Gasteiger partial charge in [-0.3, -0.25) is 0 Å². The molecule has 0 aliphatic carbocycles. The Hall–Kier alpha value is 0.480. The first-order chi connectivity index (χ1) is 6.02. The van der Waals surface area contributed by atoms with Crippen molar-refractivity contribution in [1.29, 1.82) is 0 Å². The van der Waals surface area contributed by atoms with Crippen molar-refractivity contribution in [2.24, 2.45) is 0 Å². The summed E-state index contributed by atoms with van der Waals surface area (Å²) in [6.45, 7) is 0.749. The van der Waals surface area contributed by atoms with Crippen LogP contribution < -0.4 is 0 Å². The Kier molecular flexibility index (Phi) is 7.12. The van der Waals surface area contributed by atoms with E-state index in [0.717, 1.165) is 15.3 Å². The summed E-state index contributed by atoms with van der Waals surface area (Å²) < 4.78 is 1.77. The maximum atomic E-state index is 5.13. The summed E-state index contributed by atoms with van der Waals surface area (Å²) in [6, 6.07) is 0. The van der Waals surface area contributed by atoms with Gasteiger partial charge in [0.2, 0.25) is 0 Å². The third-order valence-corrected chi connectivity index (χ3v) is 4.34. The van der Waals surface area contributed by atoms with Crippen molar-refractivity contribution in [2.45, 2.75) is 0 Å². The molecule has 0 bridgehead atoms. The number of thiocarbonyl (C=S) groups is 2. The number of hydrogen-bond donors (Lipinski definition) is 0. The van der Waals surface area contributed by atoms with Crippen LogP contribution in [0.15, 0.2) is 0 Å². The standard InChI is InChI=1S/C7H14N2S4/c1-8(6(10)12-3)5-9(2)7(11)13-4/h5H2,1-4H3. The van der Waals surface area contributed by atoms with Gasteiger partial charge in [-0.2, -0.15) is 0 Å². The molecule has 0 rings (SSSR count). The Labute approximate surface area is 99.4 Å². The molecule has 0 fully saturated rings. The third kappa shape index (κ3) is 5.05. The lowest BCUT2D eigenvalue weighted by Crippen LogP contribution is -2.36. The Morgan fingerprint density at radius 3 is 1.54 bits per heavy atom. The molecule has 76 valence electrons. The lowest BCUT2D eigenvalue weighted by Gasteiger charge is -2.26. The van der Waals surface area contributed by atoms with E-state index in [-0.39, 0.29) is 0 Å². The van der Waals surface area contributed by atoms with Crippen LogP contribution >= 0.6 is 48.0 Å². The molecular formula is C7H14N2S4. The zero-order valence-corrected chi connectivity index (χ0v) is 11.5. The van der Waals surface area contributed by atoms with Gasteiger partial charge >= 0.3 is 0 Å². The van der Waals surface area contributed by atoms with Crippen LogP contribution in [-0.2, 0) is 0 Å². The summed E-state index contributed by atoms with van der Waals surface area (Å²) in [5, 5.41) is 0. The molecule has 0 radical (unpaired) electrons. The van der Waals surface area contributed by atoms with Crippen molar-refractivity contribution in [3.05, 3.63) is 0 Å². The summed E-state index contributed by atoms with van der Waals surface area (Å²) in [5.41, 5.74) is 0. The molecule has 0 saturated heterocycles. The highest BCUT2D eigenvalue weighted by Gasteiger charge is 2.07. The van der Waals surface area contributed by atoms with Gasteiger partial charge in [0.15, 0.2) is 0 Å². The molecule has 0 atom stereocenters. The molecule has 0 aromatic rings. The van der Waals surface area contributed by atoms with Gasteiger partial charge < -0.3 is 9.80 Å². The number of thioether (sulfide) groups is 2. The Morgan fingerprint density at radius 1 is 1.00 bits per heavy atom. The fourth-order valence-electron chi connectivity index (χ4n) is 0.745. The summed E-state index contributed by atoms with van der Waals surface area (Å²) in [6.07, 6.45) is 3.96. The van der Waals surface area contributed by atoms with Crippen LogP contribution in [0.5, 0.6) is 0 Å². The second-order valence-electron chi connectivity index (χ2n) is 2.48. The van der Waals surface area contributed by atoms with Gasteiger partial charge in [-0.15, -0.1) is 23.5 Å². The third-order valence-electron chi connectivity index (χ3n) is 1.40. The molecule has 0 aliphatic heterocycles. The molecule has 0 spiro atoms. The van der Waals surface area contributed by atoms with Crippen LogP contribution in [0.2, 0.25) is 0 Å². The zero-order chi connectivity index (χ0) is 10.4. The van der Waals surface area contributed by atoms with Gasteiger partial charge in [0.05, 0.1) is 6.67 Å². The van der Waals surface area contributed by atoms with Gasteiger partial charge in [0.1, 0.15) is 8.64 Å². The van der Waals surface area contributed by atoms with E-state index in [1.807, 2.05) is 36.4 Å². The lowest BCUT2D eigenvalue weighted by molar-refractivity contribution is 0.361. The first-order valence-electron chi connectivity index (χ1n) is 3.61. The molecule has 6 heteroatoms. The van der Waals surface area contributed by atoms with Crippen molar-refractivity contribution >= 4 is 56.6 Å². The molecule has 0 aromatic heterocycles. The van der Waals surface area contributed by atoms with Gasteiger partial charge in [-0.25, -0.2) is 0 Å². The van der Waals surface area contributed by atoms with E-state index < -0.39 is 0 Å². The number of rotatable bonds is 2. The van der Waals surface area contributed by atoms with Gasteiger partial charge in [0.25, 0.3) is 0 Å². The van der Waals surface area contributed by atoms with E-state index in [2.05, 4.69) is 0 Å². The molecule has 0 saturated carbocycles. The van der Waals surface area contributed by atoms with Crippen molar-refractivity contribution in [3.63, 3.8) is 0 Å². The monoisotopic (exact) mass is 254 g/mol. The average molecular weight is 254 g/mol.